The van der Waals surface area contributed by atoms with Gasteiger partial charge in [0.2, 0.25) is 5.91 Å². The van der Waals surface area contributed by atoms with Crippen LogP contribution in [0.3, 0.4) is 0 Å². The number of hydrogen-bond acceptors (Lipinski definition) is 8. The molecule has 0 saturated carbocycles. The lowest BCUT2D eigenvalue weighted by molar-refractivity contribution is -0.113. The van der Waals surface area contributed by atoms with Crippen LogP contribution in [0.2, 0.25) is 0 Å². The van der Waals surface area contributed by atoms with Crippen molar-refractivity contribution in [1.82, 2.24) is 9.55 Å². The first kappa shape index (κ1) is 24.7. The highest BCUT2D eigenvalue weighted by molar-refractivity contribution is 7.99. The summed E-state index contributed by atoms with van der Waals surface area (Å²) in [6.45, 7) is 9.86. The third-order valence-electron chi connectivity index (χ3n) is 5.80. The second-order valence-electron chi connectivity index (χ2n) is 8.03. The molecule has 34 heavy (non-hydrogen) atoms. The van der Waals surface area contributed by atoms with E-state index < -0.39 is 5.97 Å². The van der Waals surface area contributed by atoms with Gasteiger partial charge in [-0.05, 0) is 57.6 Å². The zero-order chi connectivity index (χ0) is 24.4. The number of nitrogens with zero attached hydrogens (tertiary/aromatic N) is 2. The molecule has 0 unspecified atom stereocenters. The van der Waals surface area contributed by atoms with Crippen LogP contribution in [0.15, 0.2) is 22.6 Å². The van der Waals surface area contributed by atoms with Crippen molar-refractivity contribution in [3.63, 3.8) is 0 Å². The van der Waals surface area contributed by atoms with E-state index in [1.165, 1.54) is 28.0 Å². The fourth-order valence-electron chi connectivity index (χ4n) is 4.08. The molecule has 0 fully saturated rings. The van der Waals surface area contributed by atoms with Crippen molar-refractivity contribution >= 4 is 61.5 Å². The van der Waals surface area contributed by atoms with Crippen LogP contribution < -0.4 is 10.9 Å². The molecule has 10 heteroatoms. The number of thiophene rings is 2. The van der Waals surface area contributed by atoms with E-state index in [1.54, 1.807) is 28.9 Å². The Labute approximate surface area is 210 Å². The number of anilines is 1. The number of fused-ring (bicyclic) bond motifs is 3. The summed E-state index contributed by atoms with van der Waals surface area (Å²) in [6.07, 6.45) is 5.80. The molecule has 0 atom stereocenters. The van der Waals surface area contributed by atoms with Gasteiger partial charge in [0.1, 0.15) is 9.83 Å². The van der Waals surface area contributed by atoms with Gasteiger partial charge < -0.3 is 10.1 Å². The number of carbonyl (C=O) groups is 2. The van der Waals surface area contributed by atoms with Crippen molar-refractivity contribution < 1.29 is 14.3 Å². The van der Waals surface area contributed by atoms with Crippen LogP contribution in [0.25, 0.3) is 10.2 Å². The average molecular weight is 518 g/mol. The van der Waals surface area contributed by atoms with Crippen LogP contribution in [0.4, 0.5) is 5.00 Å². The smallest absolute Gasteiger partial charge is 0.341 e. The molecule has 1 aliphatic rings. The second-order valence-corrected chi connectivity index (χ2v) is 11.3. The van der Waals surface area contributed by atoms with Gasteiger partial charge >= 0.3 is 5.97 Å². The Morgan fingerprint density at radius 2 is 2.03 bits per heavy atom. The molecule has 3 heterocycles. The third kappa shape index (κ3) is 4.71. The fraction of sp³-hybridized carbons (Fsp3) is 0.417. The van der Waals surface area contributed by atoms with Gasteiger partial charge in [-0.15, -0.1) is 29.3 Å². The summed E-state index contributed by atoms with van der Waals surface area (Å²) in [5.41, 5.74) is 2.28. The number of hydrogen-bond donors (Lipinski definition) is 1. The Morgan fingerprint density at radius 1 is 1.26 bits per heavy atom. The third-order valence-corrected chi connectivity index (χ3v) is 9.09. The van der Waals surface area contributed by atoms with Crippen LogP contribution in [-0.2, 0) is 28.9 Å². The summed E-state index contributed by atoms with van der Waals surface area (Å²) >= 11 is 4.16. The highest BCUT2D eigenvalue weighted by Gasteiger charge is 2.24. The predicted molar refractivity (Wildman–Crippen MR) is 140 cm³/mol. The van der Waals surface area contributed by atoms with E-state index in [0.29, 0.717) is 22.3 Å². The maximum Gasteiger partial charge on any atom is 0.341 e. The van der Waals surface area contributed by atoms with Crippen molar-refractivity contribution in [1.29, 1.82) is 0 Å². The first-order valence-corrected chi connectivity index (χ1v) is 13.8. The van der Waals surface area contributed by atoms with Crippen molar-refractivity contribution in [3.8, 4) is 0 Å². The van der Waals surface area contributed by atoms with Gasteiger partial charge in [-0.25, -0.2) is 9.78 Å². The van der Waals surface area contributed by atoms with Gasteiger partial charge in [0, 0.05) is 16.3 Å². The SMILES string of the molecule is C=CCn1c(SCC(=O)Nc2sc(C)c(C)c2C(=O)OCC)nc2sc3c(c2c1=O)CCCC3. The van der Waals surface area contributed by atoms with Crippen molar-refractivity contribution in [2.75, 3.05) is 17.7 Å². The Balaban J connectivity index is 1.58. The summed E-state index contributed by atoms with van der Waals surface area (Å²) in [5.74, 6) is -0.666. The van der Waals surface area contributed by atoms with Crippen molar-refractivity contribution in [2.24, 2.45) is 0 Å². The molecule has 3 aromatic heterocycles. The molecule has 4 rings (SSSR count). The van der Waals surface area contributed by atoms with E-state index in [0.717, 1.165) is 51.9 Å². The number of carbonyl (C=O) groups excluding carboxylic acids is 2. The number of ether oxygens (including phenoxy) is 1. The maximum absolute atomic E-state index is 13.3. The molecule has 1 aliphatic carbocycles. The normalized spacial score (nSPS) is 13.0. The zero-order valence-electron chi connectivity index (χ0n) is 19.5. The largest absolute Gasteiger partial charge is 0.462 e. The molecule has 180 valence electrons. The standard InChI is InChI=1S/C24H27N3O4S3/c1-5-11-27-22(29)19-15-9-7-8-10-16(15)34-21(19)26-24(27)32-12-17(28)25-20-18(23(30)31-6-2)13(3)14(4)33-20/h5H,1,6-12H2,2-4H3,(H,25,28). The Bertz CT molecular complexity index is 1340. The Morgan fingerprint density at radius 3 is 2.76 bits per heavy atom. The molecular formula is C24H27N3O4S3. The predicted octanol–water partition coefficient (Wildman–Crippen LogP) is 5.11. The first-order valence-electron chi connectivity index (χ1n) is 11.2. The van der Waals surface area contributed by atoms with Gasteiger partial charge in [0.25, 0.3) is 5.56 Å². The Hall–Kier alpha value is -2.43. The highest BCUT2D eigenvalue weighted by Crippen LogP contribution is 2.35. The van der Waals surface area contributed by atoms with E-state index in [1.807, 2.05) is 13.8 Å². The highest BCUT2D eigenvalue weighted by atomic mass is 32.2. The number of esters is 1. The zero-order valence-corrected chi connectivity index (χ0v) is 21.9. The van der Waals surface area contributed by atoms with E-state index in [-0.39, 0.29) is 23.8 Å². The van der Waals surface area contributed by atoms with E-state index in [9.17, 15) is 14.4 Å². The number of aryl methyl sites for hydroxylation is 3. The molecular weight excluding hydrogens is 490 g/mol. The molecule has 0 aliphatic heterocycles. The minimum absolute atomic E-state index is 0.0540. The summed E-state index contributed by atoms with van der Waals surface area (Å²) in [5, 5.41) is 4.55. The summed E-state index contributed by atoms with van der Waals surface area (Å²) in [6, 6.07) is 0. The van der Waals surface area contributed by atoms with Crippen LogP contribution in [0, 0.1) is 13.8 Å². The quantitative estimate of drug-likeness (QED) is 0.193. The molecule has 7 nitrogen and oxygen atoms in total. The summed E-state index contributed by atoms with van der Waals surface area (Å²) in [7, 11) is 0. The fourth-order valence-corrected chi connectivity index (χ4v) is 7.25. The molecule has 0 radical (unpaired) electrons. The number of rotatable bonds is 8. The van der Waals surface area contributed by atoms with E-state index in [4.69, 9.17) is 9.72 Å². The number of amides is 1. The van der Waals surface area contributed by atoms with E-state index >= 15 is 0 Å². The minimum atomic E-state index is -0.444. The molecule has 0 bridgehead atoms. The van der Waals surface area contributed by atoms with Gasteiger partial charge in [0.15, 0.2) is 5.16 Å². The van der Waals surface area contributed by atoms with Gasteiger partial charge in [0.05, 0.1) is 23.3 Å². The van der Waals surface area contributed by atoms with Crippen LogP contribution in [0.5, 0.6) is 0 Å². The average Bonchev–Trinajstić information content (AvgIpc) is 3.31. The molecule has 0 aromatic carbocycles. The van der Waals surface area contributed by atoms with Crippen LogP contribution in [-0.4, -0.2) is 33.8 Å². The molecule has 1 N–H and O–H groups in total. The number of allylic oxidation sites excluding steroid dienone is 1. The summed E-state index contributed by atoms with van der Waals surface area (Å²) < 4.78 is 6.76. The monoisotopic (exact) mass is 517 g/mol. The van der Waals surface area contributed by atoms with Crippen LogP contribution >= 0.6 is 34.4 Å². The van der Waals surface area contributed by atoms with E-state index in [2.05, 4.69) is 11.9 Å². The number of aromatic nitrogens is 2. The van der Waals surface area contributed by atoms with Gasteiger partial charge in [-0.3, -0.25) is 14.2 Å². The lowest BCUT2D eigenvalue weighted by Gasteiger charge is -2.12. The van der Waals surface area contributed by atoms with Gasteiger partial charge in [-0.1, -0.05) is 17.8 Å². The van der Waals surface area contributed by atoms with Gasteiger partial charge in [-0.2, -0.15) is 0 Å². The van der Waals surface area contributed by atoms with Crippen molar-refractivity contribution in [3.05, 3.63) is 49.5 Å². The molecule has 3 aromatic rings. The number of nitrogens with one attached hydrogen (secondary N) is 1. The molecule has 0 saturated heterocycles. The molecule has 1 amide bonds. The Kier molecular flexibility index (Phi) is 7.59. The molecule has 0 spiro atoms. The first-order chi connectivity index (χ1) is 16.3. The summed E-state index contributed by atoms with van der Waals surface area (Å²) in [4.78, 5) is 46.3. The van der Waals surface area contributed by atoms with Crippen LogP contribution in [0.1, 0.15) is 51.0 Å². The minimum Gasteiger partial charge on any atom is -0.462 e. The van der Waals surface area contributed by atoms with Crippen molar-refractivity contribution in [2.45, 2.75) is 58.2 Å². The lowest BCUT2D eigenvalue weighted by Crippen LogP contribution is -2.24. The lowest BCUT2D eigenvalue weighted by atomic mass is 9.97. The second kappa shape index (κ2) is 10.5. The maximum atomic E-state index is 13.3. The number of thioether (sulfide) groups is 1. The topological polar surface area (TPSA) is 90.3 Å².